The van der Waals surface area contributed by atoms with Gasteiger partial charge in [0, 0.05) is 32.0 Å². The second-order valence-corrected chi connectivity index (χ2v) is 9.06. The van der Waals surface area contributed by atoms with Gasteiger partial charge in [-0.15, -0.1) is 0 Å². The summed E-state index contributed by atoms with van der Waals surface area (Å²) in [5.41, 5.74) is 3.31. The molecule has 5 heteroatoms. The first-order valence-electron chi connectivity index (χ1n) is 11.3. The Morgan fingerprint density at radius 1 is 1.10 bits per heavy atom. The lowest BCUT2D eigenvalue weighted by Crippen LogP contribution is -2.41. The third kappa shape index (κ3) is 7.35. The molecule has 2 aromatic carbocycles. The van der Waals surface area contributed by atoms with E-state index in [4.69, 9.17) is 4.74 Å². The third-order valence-corrected chi connectivity index (χ3v) is 5.71. The minimum Gasteiger partial charge on any atom is -0.493 e. The first-order chi connectivity index (χ1) is 14.9. The van der Waals surface area contributed by atoms with Crippen LogP contribution in [0.5, 0.6) is 5.75 Å². The molecule has 31 heavy (non-hydrogen) atoms. The van der Waals surface area contributed by atoms with Gasteiger partial charge in [-0.25, -0.2) is 4.39 Å². The van der Waals surface area contributed by atoms with E-state index < -0.39 is 6.17 Å². The van der Waals surface area contributed by atoms with Gasteiger partial charge in [0.2, 0.25) is 5.91 Å². The maximum absolute atomic E-state index is 14.3. The lowest BCUT2D eigenvalue weighted by atomic mass is 9.92. The number of alkyl halides is 1. The molecule has 168 valence electrons. The summed E-state index contributed by atoms with van der Waals surface area (Å²) >= 11 is 0. The molecule has 0 radical (unpaired) electrons. The van der Waals surface area contributed by atoms with Crippen molar-refractivity contribution in [2.45, 2.75) is 52.9 Å². The van der Waals surface area contributed by atoms with Gasteiger partial charge in [0.1, 0.15) is 11.9 Å². The van der Waals surface area contributed by atoms with Crippen LogP contribution in [0, 0.1) is 18.8 Å². The van der Waals surface area contributed by atoms with E-state index in [1.807, 2.05) is 36.1 Å². The highest BCUT2D eigenvalue weighted by atomic mass is 19.1. The number of hydrogen-bond donors (Lipinski definition) is 1. The summed E-state index contributed by atoms with van der Waals surface area (Å²) in [6.07, 6.45) is -0.00594. The fourth-order valence-corrected chi connectivity index (χ4v) is 3.78. The Kier molecular flexibility index (Phi) is 8.47. The van der Waals surface area contributed by atoms with Gasteiger partial charge in [-0.05, 0) is 49.1 Å². The molecule has 3 rings (SSSR count). The zero-order valence-electron chi connectivity index (χ0n) is 18.9. The third-order valence-electron chi connectivity index (χ3n) is 5.71. The largest absolute Gasteiger partial charge is 0.493 e. The van der Waals surface area contributed by atoms with Crippen LogP contribution in [0.4, 0.5) is 4.39 Å². The van der Waals surface area contributed by atoms with Crippen molar-refractivity contribution in [3.63, 3.8) is 0 Å². The van der Waals surface area contributed by atoms with Gasteiger partial charge in [0.25, 0.3) is 0 Å². The number of nitrogens with one attached hydrogen (secondary N) is 1. The minimum absolute atomic E-state index is 0.00950. The number of piperidine rings is 1. The molecule has 1 aliphatic rings. The smallest absolute Gasteiger partial charge is 0.223 e. The van der Waals surface area contributed by atoms with Crippen molar-refractivity contribution in [3.05, 3.63) is 65.2 Å². The molecule has 0 aromatic heterocycles. The molecule has 2 unspecified atom stereocenters. The molecule has 0 bridgehead atoms. The summed E-state index contributed by atoms with van der Waals surface area (Å²) in [5, 5.41) is 3.06. The van der Waals surface area contributed by atoms with Crippen molar-refractivity contribution in [3.8, 4) is 5.75 Å². The average Bonchev–Trinajstić information content (AvgIpc) is 2.76. The molecular weight excluding hydrogens is 391 g/mol. The van der Waals surface area contributed by atoms with Gasteiger partial charge < -0.3 is 15.0 Å². The Balaban J connectivity index is 1.70. The van der Waals surface area contributed by atoms with Crippen molar-refractivity contribution in [1.29, 1.82) is 0 Å². The predicted molar refractivity (Wildman–Crippen MR) is 123 cm³/mol. The van der Waals surface area contributed by atoms with Gasteiger partial charge in [0.05, 0.1) is 6.61 Å². The van der Waals surface area contributed by atoms with E-state index in [0.717, 1.165) is 23.4 Å². The molecule has 1 aliphatic heterocycles. The highest BCUT2D eigenvalue weighted by Gasteiger charge is 2.28. The molecule has 1 saturated heterocycles. The normalized spacial score (nSPS) is 18.7. The van der Waals surface area contributed by atoms with Gasteiger partial charge in [-0.2, -0.15) is 0 Å². The number of amides is 1. The number of halogens is 1. The Bertz CT molecular complexity index is 820. The molecule has 0 saturated carbocycles. The van der Waals surface area contributed by atoms with Crippen molar-refractivity contribution >= 4 is 5.91 Å². The predicted octanol–water partition coefficient (Wildman–Crippen LogP) is 4.90. The molecular formula is C26H35FN2O2. The highest BCUT2D eigenvalue weighted by molar-refractivity contribution is 5.76. The maximum Gasteiger partial charge on any atom is 0.223 e. The first-order valence-corrected chi connectivity index (χ1v) is 11.3. The van der Waals surface area contributed by atoms with Crippen LogP contribution >= 0.6 is 0 Å². The Labute approximate surface area is 185 Å². The van der Waals surface area contributed by atoms with Crippen LogP contribution in [0.15, 0.2) is 48.5 Å². The maximum atomic E-state index is 14.3. The molecule has 2 atom stereocenters. The van der Waals surface area contributed by atoms with Crippen molar-refractivity contribution in [1.82, 2.24) is 10.2 Å². The summed E-state index contributed by atoms with van der Waals surface area (Å²) in [5.74, 6) is 1.11. The zero-order valence-corrected chi connectivity index (χ0v) is 18.9. The Hall–Kier alpha value is -2.40. The number of rotatable bonds is 9. The van der Waals surface area contributed by atoms with Gasteiger partial charge in [0.15, 0.2) is 0 Å². The van der Waals surface area contributed by atoms with Gasteiger partial charge in [-0.3, -0.25) is 4.79 Å². The summed E-state index contributed by atoms with van der Waals surface area (Å²) < 4.78 is 20.1. The second-order valence-electron chi connectivity index (χ2n) is 9.06. The number of hydrogen-bond acceptors (Lipinski definition) is 3. The Morgan fingerprint density at radius 2 is 1.71 bits per heavy atom. The van der Waals surface area contributed by atoms with Crippen LogP contribution < -0.4 is 10.1 Å². The lowest BCUT2D eigenvalue weighted by Gasteiger charge is -2.29. The van der Waals surface area contributed by atoms with Crippen molar-refractivity contribution in [2.24, 2.45) is 11.8 Å². The topological polar surface area (TPSA) is 41.6 Å². The molecule has 1 amide bonds. The van der Waals surface area contributed by atoms with Crippen molar-refractivity contribution in [2.75, 3.05) is 19.7 Å². The molecule has 4 nitrogen and oxygen atoms in total. The minimum atomic E-state index is -0.962. The molecule has 1 fully saturated rings. The molecule has 1 heterocycles. The standard InChI is InChI=1S/C26H35FN2O2/c1-19(2)18-31-24-10-8-22(9-11-24)17-29(16-21-6-4-20(3)5-7-21)26(30)14-23-12-13-28-15-25(23)27/h4-11,19,23,25,28H,12-18H2,1-3H3. The fourth-order valence-electron chi connectivity index (χ4n) is 3.78. The second kappa shape index (κ2) is 11.3. The van der Waals surface area contributed by atoms with Crippen LogP contribution in [-0.2, 0) is 17.9 Å². The van der Waals surface area contributed by atoms with Crippen LogP contribution in [0.25, 0.3) is 0 Å². The number of carbonyl (C=O) groups excluding carboxylic acids is 1. The fraction of sp³-hybridized carbons (Fsp3) is 0.500. The molecule has 0 spiro atoms. The summed E-state index contributed by atoms with van der Waals surface area (Å²) in [6, 6.07) is 16.2. The molecule has 0 aliphatic carbocycles. The highest BCUT2D eigenvalue weighted by Crippen LogP contribution is 2.23. The summed E-state index contributed by atoms with van der Waals surface area (Å²) in [6.45, 7) is 9.10. The zero-order chi connectivity index (χ0) is 22.2. The number of aryl methyl sites for hydroxylation is 1. The van der Waals surface area contributed by atoms with Gasteiger partial charge in [-0.1, -0.05) is 55.8 Å². The van der Waals surface area contributed by atoms with E-state index in [2.05, 4.69) is 43.4 Å². The average molecular weight is 427 g/mol. The Morgan fingerprint density at radius 3 is 2.29 bits per heavy atom. The monoisotopic (exact) mass is 426 g/mol. The van der Waals surface area contributed by atoms with Crippen molar-refractivity contribution < 1.29 is 13.9 Å². The molecule has 2 aromatic rings. The number of ether oxygens (including phenoxy) is 1. The number of benzene rings is 2. The van der Waals surface area contributed by atoms with Crippen LogP contribution in [0.2, 0.25) is 0 Å². The van der Waals surface area contributed by atoms with Crippen LogP contribution in [-0.4, -0.2) is 36.7 Å². The van der Waals surface area contributed by atoms with E-state index >= 15 is 0 Å². The number of carbonyl (C=O) groups is 1. The van der Waals surface area contributed by atoms with E-state index in [-0.39, 0.29) is 18.2 Å². The van der Waals surface area contributed by atoms with E-state index in [1.54, 1.807) is 0 Å². The number of nitrogens with zero attached hydrogens (tertiary/aromatic N) is 1. The summed E-state index contributed by atoms with van der Waals surface area (Å²) in [4.78, 5) is 15.0. The van der Waals surface area contributed by atoms with E-state index in [1.165, 1.54) is 5.56 Å². The van der Waals surface area contributed by atoms with Crippen LogP contribution in [0.1, 0.15) is 43.4 Å². The van der Waals surface area contributed by atoms with E-state index in [0.29, 0.717) is 38.6 Å². The van der Waals surface area contributed by atoms with Crippen LogP contribution in [0.3, 0.4) is 0 Å². The lowest BCUT2D eigenvalue weighted by molar-refractivity contribution is -0.134. The first kappa shape index (κ1) is 23.3. The van der Waals surface area contributed by atoms with Gasteiger partial charge >= 0.3 is 0 Å². The molecule has 1 N–H and O–H groups in total. The quantitative estimate of drug-likeness (QED) is 0.620. The SMILES string of the molecule is Cc1ccc(CN(Cc2ccc(OCC(C)C)cc2)C(=O)CC2CCNCC2F)cc1. The van der Waals surface area contributed by atoms with E-state index in [9.17, 15) is 9.18 Å². The summed E-state index contributed by atoms with van der Waals surface area (Å²) in [7, 11) is 0.